The van der Waals surface area contributed by atoms with Crippen LogP contribution in [0.4, 0.5) is 5.69 Å². The minimum Gasteiger partial charge on any atom is -0.477 e. The fourth-order valence-corrected chi connectivity index (χ4v) is 2.32. The normalized spacial score (nSPS) is 18.1. The first-order chi connectivity index (χ1) is 10.1. The fraction of sp³-hybridized carbons (Fsp3) is 0.312. The van der Waals surface area contributed by atoms with Crippen molar-refractivity contribution in [3.8, 4) is 5.75 Å². The van der Waals surface area contributed by atoms with Crippen molar-refractivity contribution in [2.75, 3.05) is 11.9 Å². The summed E-state index contributed by atoms with van der Waals surface area (Å²) < 4.78 is 11.2. The van der Waals surface area contributed by atoms with Gasteiger partial charge >= 0.3 is 0 Å². The number of para-hydroxylation sites is 2. The molecule has 2 unspecified atom stereocenters. The summed E-state index contributed by atoms with van der Waals surface area (Å²) in [6.45, 7) is 4.22. The Morgan fingerprint density at radius 1 is 1.33 bits per heavy atom. The van der Waals surface area contributed by atoms with Gasteiger partial charge in [-0.05, 0) is 38.1 Å². The van der Waals surface area contributed by atoms with Gasteiger partial charge in [0.1, 0.15) is 17.3 Å². The summed E-state index contributed by atoms with van der Waals surface area (Å²) in [6.07, 6.45) is -0.543. The lowest BCUT2D eigenvalue weighted by Gasteiger charge is -2.27. The van der Waals surface area contributed by atoms with Crippen molar-refractivity contribution in [1.29, 1.82) is 0 Å². The molecule has 0 saturated carbocycles. The second-order valence-corrected chi connectivity index (χ2v) is 5.16. The number of furan rings is 1. The van der Waals surface area contributed by atoms with Gasteiger partial charge < -0.3 is 19.8 Å². The van der Waals surface area contributed by atoms with Crippen molar-refractivity contribution in [2.45, 2.75) is 26.0 Å². The molecule has 110 valence electrons. The number of benzene rings is 1. The highest BCUT2D eigenvalue weighted by Gasteiger charge is 2.27. The summed E-state index contributed by atoms with van der Waals surface area (Å²) >= 11 is 0. The van der Waals surface area contributed by atoms with Gasteiger partial charge in [0.05, 0.1) is 18.3 Å². The predicted molar refractivity (Wildman–Crippen MR) is 79.4 cm³/mol. The van der Waals surface area contributed by atoms with Crippen molar-refractivity contribution >= 4 is 11.6 Å². The van der Waals surface area contributed by atoms with Crippen LogP contribution in [0.5, 0.6) is 5.75 Å². The third-order valence-corrected chi connectivity index (χ3v) is 3.47. The lowest BCUT2D eigenvalue weighted by atomic mass is 10.2. The molecule has 1 amide bonds. The summed E-state index contributed by atoms with van der Waals surface area (Å²) in [5.41, 5.74) is 0.913. The van der Waals surface area contributed by atoms with E-state index in [0.29, 0.717) is 12.3 Å². The smallest absolute Gasteiger partial charge is 0.263 e. The number of anilines is 1. The van der Waals surface area contributed by atoms with Crippen LogP contribution in [0.1, 0.15) is 24.5 Å². The first kappa shape index (κ1) is 13.5. The molecule has 5 heteroatoms. The molecular formula is C16H18N2O3. The van der Waals surface area contributed by atoms with Crippen molar-refractivity contribution in [3.05, 3.63) is 47.9 Å². The largest absolute Gasteiger partial charge is 0.477 e. The molecule has 3 rings (SSSR count). The Labute approximate surface area is 123 Å². The minimum atomic E-state index is -0.543. The van der Waals surface area contributed by atoms with Crippen molar-refractivity contribution in [1.82, 2.24) is 5.32 Å². The zero-order valence-corrected chi connectivity index (χ0v) is 12.1. The SMILES string of the molecule is Cc1ccc(C(C)NC(=O)C2CNc3ccccc3O2)o1. The van der Waals surface area contributed by atoms with Gasteiger partial charge in [-0.3, -0.25) is 4.79 Å². The number of hydrogen-bond donors (Lipinski definition) is 2. The van der Waals surface area contributed by atoms with Gasteiger partial charge in [0.2, 0.25) is 0 Å². The molecule has 2 atom stereocenters. The van der Waals surface area contributed by atoms with Gasteiger partial charge in [0, 0.05) is 0 Å². The van der Waals surface area contributed by atoms with E-state index in [4.69, 9.17) is 9.15 Å². The van der Waals surface area contributed by atoms with Gasteiger partial charge in [0.25, 0.3) is 5.91 Å². The number of carbonyl (C=O) groups excluding carboxylic acids is 1. The molecule has 1 aromatic carbocycles. The minimum absolute atomic E-state index is 0.154. The van der Waals surface area contributed by atoms with Gasteiger partial charge in [-0.15, -0.1) is 0 Å². The Bertz CT molecular complexity index is 650. The summed E-state index contributed by atoms with van der Waals surface area (Å²) in [4.78, 5) is 12.3. The standard InChI is InChI=1S/C16H18N2O3/c1-10-7-8-13(20-10)11(2)18-16(19)15-9-17-12-5-3-4-6-14(12)21-15/h3-8,11,15,17H,9H2,1-2H3,(H,18,19). The average Bonchev–Trinajstić information content (AvgIpc) is 2.93. The molecule has 0 spiro atoms. The predicted octanol–water partition coefficient (Wildman–Crippen LogP) is 2.64. The lowest BCUT2D eigenvalue weighted by molar-refractivity contribution is -0.128. The zero-order chi connectivity index (χ0) is 14.8. The molecule has 2 N–H and O–H groups in total. The number of aryl methyl sites for hydroxylation is 1. The van der Waals surface area contributed by atoms with Crippen LogP contribution in [0.15, 0.2) is 40.8 Å². The Morgan fingerprint density at radius 2 is 2.14 bits per heavy atom. The maximum Gasteiger partial charge on any atom is 0.263 e. The van der Waals surface area contributed by atoms with Crippen LogP contribution in [0, 0.1) is 6.92 Å². The van der Waals surface area contributed by atoms with Gasteiger partial charge in [0.15, 0.2) is 6.10 Å². The monoisotopic (exact) mass is 286 g/mol. The van der Waals surface area contributed by atoms with Gasteiger partial charge in [-0.25, -0.2) is 0 Å². The Morgan fingerprint density at radius 3 is 2.90 bits per heavy atom. The van der Waals surface area contributed by atoms with Gasteiger partial charge in [-0.1, -0.05) is 12.1 Å². The van der Waals surface area contributed by atoms with Crippen LogP contribution in [-0.4, -0.2) is 18.6 Å². The van der Waals surface area contributed by atoms with Crippen LogP contribution < -0.4 is 15.4 Å². The molecule has 1 aliphatic heterocycles. The number of amides is 1. The molecule has 0 aliphatic carbocycles. The molecule has 0 radical (unpaired) electrons. The molecule has 0 fully saturated rings. The second kappa shape index (κ2) is 5.52. The lowest BCUT2D eigenvalue weighted by Crippen LogP contribution is -2.45. The molecule has 2 heterocycles. The van der Waals surface area contributed by atoms with Crippen molar-refractivity contribution < 1.29 is 13.9 Å². The molecule has 1 aliphatic rings. The zero-order valence-electron chi connectivity index (χ0n) is 12.1. The van der Waals surface area contributed by atoms with Crippen LogP contribution in [0.3, 0.4) is 0 Å². The maximum atomic E-state index is 12.3. The third kappa shape index (κ3) is 2.86. The maximum absolute atomic E-state index is 12.3. The van der Waals surface area contributed by atoms with E-state index in [1.807, 2.05) is 50.2 Å². The second-order valence-electron chi connectivity index (χ2n) is 5.16. The number of carbonyl (C=O) groups is 1. The van der Waals surface area contributed by atoms with Crippen molar-refractivity contribution in [2.24, 2.45) is 0 Å². The molecule has 21 heavy (non-hydrogen) atoms. The Hall–Kier alpha value is -2.43. The molecule has 0 bridgehead atoms. The number of hydrogen-bond acceptors (Lipinski definition) is 4. The molecule has 2 aromatic rings. The summed E-state index contributed by atoms with van der Waals surface area (Å²) in [6, 6.07) is 11.2. The first-order valence-corrected chi connectivity index (χ1v) is 7.00. The first-order valence-electron chi connectivity index (χ1n) is 7.00. The number of ether oxygens (including phenoxy) is 1. The van der Waals surface area contributed by atoms with E-state index in [1.165, 1.54) is 0 Å². The Kier molecular flexibility index (Phi) is 3.56. The van der Waals surface area contributed by atoms with Gasteiger partial charge in [-0.2, -0.15) is 0 Å². The highest BCUT2D eigenvalue weighted by atomic mass is 16.5. The summed E-state index contributed by atoms with van der Waals surface area (Å²) in [7, 11) is 0. The van der Waals surface area contributed by atoms with E-state index in [2.05, 4.69) is 10.6 Å². The third-order valence-electron chi connectivity index (χ3n) is 3.47. The molecule has 0 saturated heterocycles. The van der Waals surface area contributed by atoms with E-state index >= 15 is 0 Å². The fourth-order valence-electron chi connectivity index (χ4n) is 2.32. The van der Waals surface area contributed by atoms with Crippen LogP contribution in [-0.2, 0) is 4.79 Å². The van der Waals surface area contributed by atoms with Crippen LogP contribution in [0.2, 0.25) is 0 Å². The number of nitrogens with one attached hydrogen (secondary N) is 2. The number of rotatable bonds is 3. The van der Waals surface area contributed by atoms with E-state index in [9.17, 15) is 4.79 Å². The van der Waals surface area contributed by atoms with Crippen molar-refractivity contribution in [3.63, 3.8) is 0 Å². The quantitative estimate of drug-likeness (QED) is 0.910. The van der Waals surface area contributed by atoms with E-state index in [0.717, 1.165) is 17.2 Å². The molecule has 1 aromatic heterocycles. The highest BCUT2D eigenvalue weighted by Crippen LogP contribution is 2.28. The molecular weight excluding hydrogens is 268 g/mol. The number of fused-ring (bicyclic) bond motifs is 1. The van der Waals surface area contributed by atoms with Crippen LogP contribution in [0.25, 0.3) is 0 Å². The molecule has 5 nitrogen and oxygen atoms in total. The van der Waals surface area contributed by atoms with E-state index in [1.54, 1.807) is 0 Å². The highest BCUT2D eigenvalue weighted by molar-refractivity contribution is 5.83. The summed E-state index contributed by atoms with van der Waals surface area (Å²) in [5, 5.41) is 6.11. The Balaban J connectivity index is 1.64. The topological polar surface area (TPSA) is 63.5 Å². The average molecular weight is 286 g/mol. The van der Waals surface area contributed by atoms with E-state index in [-0.39, 0.29) is 11.9 Å². The van der Waals surface area contributed by atoms with Crippen LogP contribution >= 0.6 is 0 Å². The summed E-state index contributed by atoms with van der Waals surface area (Å²) in [5.74, 6) is 2.12. The van der Waals surface area contributed by atoms with E-state index < -0.39 is 6.10 Å².